The topological polar surface area (TPSA) is 48.8 Å². The van der Waals surface area contributed by atoms with Gasteiger partial charge in [0.25, 0.3) is 0 Å². The molecule has 1 aromatic heterocycles. The van der Waals surface area contributed by atoms with Gasteiger partial charge in [0.15, 0.2) is 12.5 Å². The molecule has 0 bridgehead atoms. The van der Waals surface area contributed by atoms with Gasteiger partial charge >= 0.3 is 6.18 Å². The van der Waals surface area contributed by atoms with E-state index in [1.54, 1.807) is 25.0 Å². The summed E-state index contributed by atoms with van der Waals surface area (Å²) in [5.41, 5.74) is 4.64. The van der Waals surface area contributed by atoms with Gasteiger partial charge in [-0.15, -0.1) is 5.10 Å². The van der Waals surface area contributed by atoms with Crippen molar-refractivity contribution in [3.63, 3.8) is 0 Å². The molecule has 1 atom stereocenters. The Balaban J connectivity index is 1.36. The quantitative estimate of drug-likeness (QED) is 0.204. The Hall–Kier alpha value is -2.95. The summed E-state index contributed by atoms with van der Waals surface area (Å²) in [7, 11) is 3.31. The number of aromatic nitrogens is 2. The van der Waals surface area contributed by atoms with E-state index < -0.39 is 18.5 Å². The van der Waals surface area contributed by atoms with Gasteiger partial charge in [-0.25, -0.2) is 4.68 Å². The van der Waals surface area contributed by atoms with E-state index in [0.29, 0.717) is 65.0 Å². The molecule has 2 aliphatic heterocycles. The number of halogens is 4. The summed E-state index contributed by atoms with van der Waals surface area (Å²) in [5.74, 6) is -0.281. The lowest BCUT2D eigenvalue weighted by Crippen LogP contribution is -2.39. The number of ether oxygens (including phenoxy) is 3. The minimum absolute atomic E-state index is 0.225. The first-order valence-corrected chi connectivity index (χ1v) is 15.3. The van der Waals surface area contributed by atoms with Gasteiger partial charge < -0.3 is 19.1 Å². The van der Waals surface area contributed by atoms with Crippen molar-refractivity contribution in [2.75, 3.05) is 38.8 Å². The summed E-state index contributed by atoms with van der Waals surface area (Å²) in [5, 5.41) is 4.62. The monoisotopic (exact) mass is 601 g/mol. The molecule has 3 aliphatic rings. The van der Waals surface area contributed by atoms with Crippen molar-refractivity contribution in [1.29, 1.82) is 0 Å². The molecule has 6 rings (SSSR count). The number of rotatable bonds is 7. The summed E-state index contributed by atoms with van der Waals surface area (Å²) < 4.78 is 75.6. The lowest BCUT2D eigenvalue weighted by molar-refractivity contribution is -0.141. The number of allylic oxidation sites excluding steroid dienone is 1. The van der Waals surface area contributed by atoms with Crippen molar-refractivity contribution < 1.29 is 31.8 Å². The van der Waals surface area contributed by atoms with Gasteiger partial charge in [0, 0.05) is 45.5 Å². The standard InChI is InChI=1S/C33H39F4N3O3/c1-41-32(42-2)22-15-17-39(18-16-22)24-11-9-21(10-12-24)29-23(20-33(35,36)37)6-5-7-25-26(29)13-14-27-30(25)31(34)38-40(27)28-8-3-4-19-43-28/h9-14,22,28,32H,3-8,15-20H2,1-2H3. The van der Waals surface area contributed by atoms with Gasteiger partial charge in [0.05, 0.1) is 17.3 Å². The van der Waals surface area contributed by atoms with E-state index in [2.05, 4.69) is 10.00 Å². The molecule has 3 aromatic rings. The highest BCUT2D eigenvalue weighted by molar-refractivity contribution is 5.93. The van der Waals surface area contributed by atoms with Crippen LogP contribution < -0.4 is 4.90 Å². The van der Waals surface area contributed by atoms with E-state index in [-0.39, 0.29) is 12.5 Å². The second-order valence-electron chi connectivity index (χ2n) is 11.9. The highest BCUT2D eigenvalue weighted by atomic mass is 19.4. The molecule has 2 aromatic carbocycles. The van der Waals surface area contributed by atoms with Crippen LogP contribution in [0.25, 0.3) is 16.5 Å². The zero-order valence-electron chi connectivity index (χ0n) is 24.8. The van der Waals surface area contributed by atoms with Gasteiger partial charge in [0.2, 0.25) is 5.95 Å². The molecule has 3 heterocycles. The Labute approximate surface area is 249 Å². The Kier molecular flexibility index (Phi) is 8.80. The largest absolute Gasteiger partial charge is 0.392 e. The third-order valence-corrected chi connectivity index (χ3v) is 9.22. The minimum atomic E-state index is -4.35. The molecule has 0 radical (unpaired) electrons. The highest BCUT2D eigenvalue weighted by Crippen LogP contribution is 2.43. The molecule has 232 valence electrons. The SMILES string of the molecule is COC(OC)C1CCN(c2ccc(C3=C(CC(F)(F)F)CCCc4c3ccc3c4c(F)nn3C3CCCCO3)cc2)CC1. The van der Waals surface area contributed by atoms with E-state index in [4.69, 9.17) is 14.2 Å². The Morgan fingerprint density at radius 2 is 1.70 bits per heavy atom. The summed E-state index contributed by atoms with van der Waals surface area (Å²) >= 11 is 0. The van der Waals surface area contributed by atoms with Crippen LogP contribution in [0.4, 0.5) is 23.2 Å². The first kappa shape index (κ1) is 30.1. The normalized spacial score (nSPS) is 20.6. The predicted molar refractivity (Wildman–Crippen MR) is 157 cm³/mol. The van der Waals surface area contributed by atoms with Crippen LogP contribution in [-0.4, -0.2) is 56.2 Å². The summed E-state index contributed by atoms with van der Waals surface area (Å²) in [6, 6.07) is 11.4. The molecule has 0 saturated carbocycles. The van der Waals surface area contributed by atoms with E-state index in [9.17, 15) is 13.2 Å². The van der Waals surface area contributed by atoms with Gasteiger partial charge in [0.1, 0.15) is 0 Å². The van der Waals surface area contributed by atoms with Crippen molar-refractivity contribution in [3.05, 3.63) is 64.6 Å². The molecule has 10 heteroatoms. The maximum absolute atomic E-state index is 15.6. The lowest BCUT2D eigenvalue weighted by Gasteiger charge is -2.36. The fourth-order valence-electron chi connectivity index (χ4n) is 7.21. The minimum Gasteiger partial charge on any atom is -0.372 e. The van der Waals surface area contributed by atoms with Crippen molar-refractivity contribution in [2.24, 2.45) is 5.92 Å². The number of benzene rings is 2. The number of aryl methyl sites for hydroxylation is 1. The molecular weight excluding hydrogens is 562 g/mol. The molecular formula is C33H39F4N3O3. The molecule has 1 unspecified atom stereocenters. The summed E-state index contributed by atoms with van der Waals surface area (Å²) in [6.07, 6.45) is -0.115. The second-order valence-corrected chi connectivity index (χ2v) is 11.9. The first-order valence-electron chi connectivity index (χ1n) is 15.3. The average Bonchev–Trinajstić information content (AvgIpc) is 3.24. The number of piperidine rings is 1. The van der Waals surface area contributed by atoms with Gasteiger partial charge in [-0.1, -0.05) is 23.8 Å². The fraction of sp³-hybridized carbons (Fsp3) is 0.545. The van der Waals surface area contributed by atoms with Crippen LogP contribution in [0.2, 0.25) is 0 Å². The molecule has 0 spiro atoms. The third-order valence-electron chi connectivity index (χ3n) is 9.22. The molecule has 43 heavy (non-hydrogen) atoms. The molecule has 0 amide bonds. The Morgan fingerprint density at radius 1 is 0.953 bits per heavy atom. The maximum atomic E-state index is 15.6. The number of nitrogens with zero attached hydrogens (tertiary/aromatic N) is 3. The van der Waals surface area contributed by atoms with Crippen LogP contribution in [0.1, 0.15) is 74.3 Å². The van der Waals surface area contributed by atoms with Crippen LogP contribution in [0.5, 0.6) is 0 Å². The van der Waals surface area contributed by atoms with E-state index in [1.807, 2.05) is 30.3 Å². The van der Waals surface area contributed by atoms with Crippen molar-refractivity contribution in [2.45, 2.75) is 76.5 Å². The fourth-order valence-corrected chi connectivity index (χ4v) is 7.21. The molecule has 2 saturated heterocycles. The van der Waals surface area contributed by atoms with Crippen LogP contribution in [-0.2, 0) is 20.6 Å². The van der Waals surface area contributed by atoms with Gasteiger partial charge in [-0.3, -0.25) is 0 Å². The first-order chi connectivity index (χ1) is 20.8. The second kappa shape index (κ2) is 12.6. The Bertz CT molecular complexity index is 1450. The van der Waals surface area contributed by atoms with E-state index >= 15 is 4.39 Å². The Morgan fingerprint density at radius 3 is 2.35 bits per heavy atom. The number of methoxy groups -OCH3 is 2. The molecule has 0 N–H and O–H groups in total. The van der Waals surface area contributed by atoms with Crippen molar-refractivity contribution in [1.82, 2.24) is 9.78 Å². The average molecular weight is 602 g/mol. The highest BCUT2D eigenvalue weighted by Gasteiger charge is 2.33. The zero-order chi connectivity index (χ0) is 30.1. The van der Waals surface area contributed by atoms with Gasteiger partial charge in [-0.2, -0.15) is 17.6 Å². The number of hydrogen-bond acceptors (Lipinski definition) is 5. The number of alkyl halides is 3. The lowest BCUT2D eigenvalue weighted by atomic mass is 9.88. The van der Waals surface area contributed by atoms with Crippen molar-refractivity contribution in [3.8, 4) is 0 Å². The third kappa shape index (κ3) is 6.19. The van der Waals surface area contributed by atoms with Crippen LogP contribution >= 0.6 is 0 Å². The zero-order valence-corrected chi connectivity index (χ0v) is 24.8. The van der Waals surface area contributed by atoms with Crippen LogP contribution in [0.15, 0.2) is 42.0 Å². The summed E-state index contributed by atoms with van der Waals surface area (Å²) in [6.45, 7) is 2.27. The molecule has 6 nitrogen and oxygen atoms in total. The van der Waals surface area contributed by atoms with E-state index in [1.165, 1.54) is 0 Å². The van der Waals surface area contributed by atoms with Crippen LogP contribution in [0, 0.1) is 11.9 Å². The molecule has 1 aliphatic carbocycles. The predicted octanol–water partition coefficient (Wildman–Crippen LogP) is 7.80. The van der Waals surface area contributed by atoms with Gasteiger partial charge in [-0.05, 0) is 91.8 Å². The smallest absolute Gasteiger partial charge is 0.372 e. The number of fused-ring (bicyclic) bond motifs is 3. The number of anilines is 1. The number of hydrogen-bond donors (Lipinski definition) is 0. The van der Waals surface area contributed by atoms with E-state index in [0.717, 1.165) is 56.4 Å². The molecule has 2 fully saturated rings. The van der Waals surface area contributed by atoms with Crippen LogP contribution in [0.3, 0.4) is 0 Å². The van der Waals surface area contributed by atoms with Crippen molar-refractivity contribution >= 4 is 22.2 Å². The summed E-state index contributed by atoms with van der Waals surface area (Å²) in [4.78, 5) is 2.29. The maximum Gasteiger partial charge on any atom is 0.392 e.